The van der Waals surface area contributed by atoms with E-state index in [1.807, 2.05) is 31.2 Å². The second kappa shape index (κ2) is 6.87. The molecule has 2 aliphatic rings. The topological polar surface area (TPSA) is 62.3 Å². The number of nitrogens with zero attached hydrogens (tertiary/aromatic N) is 2. The van der Waals surface area contributed by atoms with Crippen molar-refractivity contribution < 1.29 is 9.59 Å². The predicted octanol–water partition coefficient (Wildman–Crippen LogP) is 3.78. The molecule has 5 nitrogen and oxygen atoms in total. The summed E-state index contributed by atoms with van der Waals surface area (Å²) in [6.45, 7) is 2.04. The molecule has 1 aromatic carbocycles. The third kappa shape index (κ3) is 3.35. The van der Waals surface area contributed by atoms with E-state index in [1.54, 1.807) is 22.9 Å². The van der Waals surface area contributed by atoms with Gasteiger partial charge in [0, 0.05) is 34.7 Å². The van der Waals surface area contributed by atoms with Gasteiger partial charge in [0.25, 0.3) is 0 Å². The molecule has 4 rings (SSSR count). The largest absolute Gasteiger partial charge is 0.315 e. The third-order valence-corrected chi connectivity index (χ3v) is 7.45. The van der Waals surface area contributed by atoms with Crippen LogP contribution in [0.15, 0.2) is 30.5 Å². The molecule has 3 heterocycles. The van der Waals surface area contributed by atoms with Crippen molar-refractivity contribution in [2.45, 2.75) is 37.1 Å². The highest BCUT2D eigenvalue weighted by atomic mass is 35.5. The first-order valence-electron chi connectivity index (χ1n) is 8.41. The van der Waals surface area contributed by atoms with Crippen LogP contribution in [-0.2, 0) is 16.0 Å². The Bertz CT molecular complexity index is 872. The Morgan fingerprint density at radius 2 is 2.35 bits per heavy atom. The number of thiazole rings is 1. The predicted molar refractivity (Wildman–Crippen MR) is 106 cm³/mol. The Morgan fingerprint density at radius 3 is 3.15 bits per heavy atom. The maximum atomic E-state index is 12.7. The summed E-state index contributed by atoms with van der Waals surface area (Å²) < 4.78 is 0. The highest BCUT2D eigenvalue weighted by Gasteiger charge is 2.52. The molecular weight excluding hydrogens is 390 g/mol. The van der Waals surface area contributed by atoms with Crippen LogP contribution in [0.2, 0.25) is 5.02 Å². The monoisotopic (exact) mass is 407 g/mol. The number of benzene rings is 1. The second-order valence-electron chi connectivity index (χ2n) is 6.69. The van der Waals surface area contributed by atoms with Gasteiger partial charge in [-0.25, -0.2) is 4.98 Å². The molecule has 0 aliphatic carbocycles. The van der Waals surface area contributed by atoms with Crippen LogP contribution in [0.5, 0.6) is 0 Å². The second-order valence-corrected chi connectivity index (χ2v) is 9.75. The molecule has 2 atom stereocenters. The minimum Gasteiger partial charge on any atom is -0.315 e. The zero-order valence-electron chi connectivity index (χ0n) is 14.2. The van der Waals surface area contributed by atoms with Crippen molar-refractivity contribution in [3.63, 3.8) is 0 Å². The molecule has 0 bridgehead atoms. The molecule has 136 valence electrons. The Morgan fingerprint density at radius 1 is 1.50 bits per heavy atom. The fourth-order valence-corrected chi connectivity index (χ4v) is 5.99. The van der Waals surface area contributed by atoms with Crippen LogP contribution >= 0.6 is 34.7 Å². The first kappa shape index (κ1) is 17.8. The lowest BCUT2D eigenvalue weighted by Gasteiger charge is -2.29. The van der Waals surface area contributed by atoms with Crippen molar-refractivity contribution in [1.29, 1.82) is 0 Å². The van der Waals surface area contributed by atoms with Gasteiger partial charge < -0.3 is 10.2 Å². The molecule has 0 saturated carbocycles. The fraction of sp³-hybridized carbons (Fsp3) is 0.389. The van der Waals surface area contributed by atoms with E-state index in [4.69, 9.17) is 11.6 Å². The summed E-state index contributed by atoms with van der Waals surface area (Å²) in [6.07, 6.45) is 3.82. The van der Waals surface area contributed by atoms with Crippen molar-refractivity contribution >= 4 is 51.6 Å². The number of rotatable bonds is 4. The quantitative estimate of drug-likeness (QED) is 0.837. The normalized spacial score (nSPS) is 24.8. The van der Waals surface area contributed by atoms with Gasteiger partial charge in [-0.15, -0.1) is 23.1 Å². The number of carbonyl (C=O) groups excluding carboxylic acids is 2. The lowest BCUT2D eigenvalue weighted by Crippen LogP contribution is -2.48. The van der Waals surface area contributed by atoms with Gasteiger partial charge in [0.05, 0.1) is 4.87 Å². The van der Waals surface area contributed by atoms with E-state index in [0.29, 0.717) is 22.3 Å². The highest BCUT2D eigenvalue weighted by Crippen LogP contribution is 2.47. The number of carbonyl (C=O) groups is 2. The number of anilines is 1. The summed E-state index contributed by atoms with van der Waals surface area (Å²) in [5.74, 6) is 0.549. The van der Waals surface area contributed by atoms with Gasteiger partial charge in [-0.05, 0) is 31.0 Å². The van der Waals surface area contributed by atoms with Crippen molar-refractivity contribution in [3.05, 3.63) is 45.9 Å². The third-order valence-electron chi connectivity index (χ3n) is 4.80. The smallest absolute Gasteiger partial charge is 0.249 e. The molecule has 2 saturated heterocycles. The van der Waals surface area contributed by atoms with Crippen LogP contribution in [0.3, 0.4) is 0 Å². The summed E-state index contributed by atoms with van der Waals surface area (Å²) in [7, 11) is 0. The Kier molecular flexibility index (Phi) is 4.71. The van der Waals surface area contributed by atoms with E-state index in [0.717, 1.165) is 23.3 Å². The Hall–Kier alpha value is -1.57. The zero-order valence-corrected chi connectivity index (χ0v) is 16.6. The van der Waals surface area contributed by atoms with Crippen LogP contribution in [0.1, 0.15) is 30.2 Å². The van der Waals surface area contributed by atoms with Gasteiger partial charge in [-0.2, -0.15) is 0 Å². The lowest BCUT2D eigenvalue weighted by molar-refractivity contribution is -0.135. The van der Waals surface area contributed by atoms with E-state index >= 15 is 0 Å². The van der Waals surface area contributed by atoms with Gasteiger partial charge in [-0.3, -0.25) is 9.59 Å². The van der Waals surface area contributed by atoms with E-state index in [-0.39, 0.29) is 16.7 Å². The van der Waals surface area contributed by atoms with Crippen molar-refractivity contribution in [2.24, 2.45) is 0 Å². The van der Waals surface area contributed by atoms with Gasteiger partial charge in [0.15, 0.2) is 5.13 Å². The molecular formula is C18H18ClN3O2S2. The molecule has 0 radical (unpaired) electrons. The number of hydrogen-bond donors (Lipinski definition) is 1. The minimum absolute atomic E-state index is 0.0680. The molecule has 8 heteroatoms. The van der Waals surface area contributed by atoms with E-state index in [2.05, 4.69) is 10.3 Å². The Balaban J connectivity index is 1.43. The van der Waals surface area contributed by atoms with Crippen LogP contribution in [-0.4, -0.2) is 38.4 Å². The molecule has 2 aliphatic heterocycles. The summed E-state index contributed by atoms with van der Waals surface area (Å²) >= 11 is 9.16. The summed E-state index contributed by atoms with van der Waals surface area (Å²) in [4.78, 5) is 31.7. The number of hydrogen-bond acceptors (Lipinski definition) is 5. The number of amides is 2. The van der Waals surface area contributed by atoms with Gasteiger partial charge in [0.1, 0.15) is 6.04 Å². The fourth-order valence-electron chi connectivity index (χ4n) is 3.50. The molecule has 0 spiro atoms. The van der Waals surface area contributed by atoms with Crippen molar-refractivity contribution in [2.75, 3.05) is 11.1 Å². The first-order chi connectivity index (χ1) is 12.4. The summed E-state index contributed by atoms with van der Waals surface area (Å²) in [6, 6.07) is 7.29. The standard InChI is InChI=1S/C18H18ClN3O2S2/c1-18-6-5-15(23)22(18)14(10-25-18)16(24)21-17-20-9-13(26-17)8-11-3-2-4-12(19)7-11/h2-4,7,9,14H,5-6,8,10H2,1H3,(H,20,21,24)/t14-,18+/m1/s1. The molecule has 1 N–H and O–H groups in total. The summed E-state index contributed by atoms with van der Waals surface area (Å²) in [5, 5.41) is 4.16. The number of fused-ring (bicyclic) bond motifs is 1. The van der Waals surface area contributed by atoms with E-state index in [9.17, 15) is 9.59 Å². The molecule has 2 amide bonds. The van der Waals surface area contributed by atoms with Crippen LogP contribution in [0.4, 0.5) is 5.13 Å². The van der Waals surface area contributed by atoms with E-state index in [1.165, 1.54) is 11.3 Å². The summed E-state index contributed by atoms with van der Waals surface area (Å²) in [5.41, 5.74) is 1.10. The number of thioether (sulfide) groups is 1. The average molecular weight is 408 g/mol. The molecule has 2 fully saturated rings. The van der Waals surface area contributed by atoms with Crippen molar-refractivity contribution in [1.82, 2.24) is 9.88 Å². The minimum atomic E-state index is -0.416. The average Bonchev–Trinajstić information content (AvgIpc) is 3.24. The molecule has 2 aromatic rings. The van der Waals surface area contributed by atoms with Crippen LogP contribution in [0, 0.1) is 0 Å². The van der Waals surface area contributed by atoms with Gasteiger partial charge in [0.2, 0.25) is 11.8 Å². The molecule has 26 heavy (non-hydrogen) atoms. The Labute approximate surface area is 165 Å². The number of aromatic nitrogens is 1. The van der Waals surface area contributed by atoms with Crippen LogP contribution < -0.4 is 5.32 Å². The lowest BCUT2D eigenvalue weighted by atomic mass is 10.1. The maximum absolute atomic E-state index is 12.7. The van der Waals surface area contributed by atoms with Gasteiger partial charge >= 0.3 is 0 Å². The van der Waals surface area contributed by atoms with Crippen molar-refractivity contribution in [3.8, 4) is 0 Å². The van der Waals surface area contributed by atoms with Gasteiger partial charge in [-0.1, -0.05) is 23.7 Å². The first-order valence-corrected chi connectivity index (χ1v) is 10.6. The molecule has 1 aromatic heterocycles. The number of nitrogens with one attached hydrogen (secondary N) is 1. The molecule has 0 unspecified atom stereocenters. The maximum Gasteiger partial charge on any atom is 0.249 e. The number of halogens is 1. The zero-order chi connectivity index (χ0) is 18.3. The van der Waals surface area contributed by atoms with Crippen LogP contribution in [0.25, 0.3) is 0 Å². The highest BCUT2D eigenvalue weighted by molar-refractivity contribution is 8.01. The SMILES string of the molecule is C[C@]12CCC(=O)N1[C@@H](C(=O)Nc1ncc(Cc3cccc(Cl)c3)s1)CS2. The van der Waals surface area contributed by atoms with E-state index < -0.39 is 6.04 Å².